The lowest BCUT2D eigenvalue weighted by Crippen LogP contribution is -2.36. The van der Waals surface area contributed by atoms with Crippen LogP contribution in [0.4, 0.5) is 5.69 Å². The lowest BCUT2D eigenvalue weighted by Gasteiger charge is -2.13. The number of hydrazine groups is 1. The van der Waals surface area contributed by atoms with E-state index >= 15 is 0 Å². The van der Waals surface area contributed by atoms with E-state index in [1.165, 1.54) is 5.01 Å². The summed E-state index contributed by atoms with van der Waals surface area (Å²) in [5.41, 5.74) is 0.927. The molecule has 0 saturated heterocycles. The van der Waals surface area contributed by atoms with Gasteiger partial charge in [0.1, 0.15) is 0 Å². The van der Waals surface area contributed by atoms with Crippen LogP contribution in [0.1, 0.15) is 13.3 Å². The second-order valence-electron chi connectivity index (χ2n) is 3.94. The number of sulfonamides is 1. The molecule has 6 heteroatoms. The summed E-state index contributed by atoms with van der Waals surface area (Å²) < 4.78 is 23.6. The van der Waals surface area contributed by atoms with Crippen LogP contribution in [0.5, 0.6) is 0 Å². The maximum atomic E-state index is 11.8. The zero-order chi connectivity index (χ0) is 12.9. The Kier molecular flexibility index (Phi) is 4.92. The third-order valence-corrected chi connectivity index (χ3v) is 3.54. The van der Waals surface area contributed by atoms with Gasteiger partial charge in [-0.2, -0.15) is 0 Å². The summed E-state index contributed by atoms with van der Waals surface area (Å²) in [5, 5.41) is 4.59. The van der Waals surface area contributed by atoms with Gasteiger partial charge in [-0.3, -0.25) is 0 Å². The smallest absolute Gasteiger partial charge is 0.253 e. The molecular formula is C11H19N3O2S. The number of anilines is 1. The molecule has 2 N–H and O–H groups in total. The van der Waals surface area contributed by atoms with Gasteiger partial charge < -0.3 is 5.32 Å². The van der Waals surface area contributed by atoms with Gasteiger partial charge >= 0.3 is 0 Å². The molecule has 0 spiro atoms. The highest BCUT2D eigenvalue weighted by Crippen LogP contribution is 2.13. The topological polar surface area (TPSA) is 61.4 Å². The van der Waals surface area contributed by atoms with Crippen molar-refractivity contribution in [2.45, 2.75) is 18.2 Å². The first-order chi connectivity index (χ1) is 7.95. The molecule has 0 atom stereocenters. The van der Waals surface area contributed by atoms with Gasteiger partial charge in [0.2, 0.25) is 0 Å². The molecule has 17 heavy (non-hydrogen) atoms. The number of hydrogen-bond donors (Lipinski definition) is 2. The minimum atomic E-state index is -3.45. The molecule has 0 heterocycles. The van der Waals surface area contributed by atoms with E-state index in [9.17, 15) is 8.42 Å². The van der Waals surface area contributed by atoms with E-state index in [2.05, 4.69) is 17.1 Å². The van der Waals surface area contributed by atoms with Crippen molar-refractivity contribution in [2.24, 2.45) is 0 Å². The number of hydrogen-bond acceptors (Lipinski definition) is 4. The highest BCUT2D eigenvalue weighted by atomic mass is 32.2. The van der Waals surface area contributed by atoms with E-state index < -0.39 is 10.0 Å². The van der Waals surface area contributed by atoms with E-state index in [0.717, 1.165) is 18.7 Å². The Morgan fingerprint density at radius 2 is 1.76 bits per heavy atom. The van der Waals surface area contributed by atoms with E-state index in [-0.39, 0.29) is 4.90 Å². The zero-order valence-electron chi connectivity index (χ0n) is 10.4. The summed E-state index contributed by atoms with van der Waals surface area (Å²) in [7, 11) is -0.181. The van der Waals surface area contributed by atoms with Crippen LogP contribution in [-0.2, 0) is 10.0 Å². The lowest BCUT2D eigenvalue weighted by molar-refractivity contribution is 0.364. The van der Waals surface area contributed by atoms with Crippen molar-refractivity contribution >= 4 is 15.7 Å². The van der Waals surface area contributed by atoms with Gasteiger partial charge in [-0.15, -0.1) is 4.83 Å². The van der Waals surface area contributed by atoms with Crippen molar-refractivity contribution < 1.29 is 8.42 Å². The Hall–Kier alpha value is -1.11. The van der Waals surface area contributed by atoms with Crippen molar-refractivity contribution in [3.05, 3.63) is 24.3 Å². The van der Waals surface area contributed by atoms with Crippen LogP contribution in [-0.4, -0.2) is 34.1 Å². The van der Waals surface area contributed by atoms with E-state index in [1.807, 2.05) is 0 Å². The zero-order valence-corrected chi connectivity index (χ0v) is 11.2. The molecule has 0 fully saturated rings. The van der Waals surface area contributed by atoms with Crippen molar-refractivity contribution in [3.63, 3.8) is 0 Å². The summed E-state index contributed by atoms with van der Waals surface area (Å²) in [6, 6.07) is 6.70. The van der Waals surface area contributed by atoms with Gasteiger partial charge in [-0.1, -0.05) is 6.92 Å². The van der Waals surface area contributed by atoms with Crippen LogP contribution in [0.15, 0.2) is 29.2 Å². The molecule has 0 amide bonds. The minimum absolute atomic E-state index is 0.258. The molecule has 1 rings (SSSR count). The normalized spacial score (nSPS) is 11.8. The molecule has 96 valence electrons. The summed E-state index contributed by atoms with van der Waals surface area (Å²) in [6.07, 6.45) is 1.03. The molecule has 0 aliphatic carbocycles. The molecular weight excluding hydrogens is 238 g/mol. The van der Waals surface area contributed by atoms with Crippen LogP contribution in [0, 0.1) is 0 Å². The highest BCUT2D eigenvalue weighted by molar-refractivity contribution is 7.89. The summed E-state index contributed by atoms with van der Waals surface area (Å²) in [6.45, 7) is 2.95. The average molecular weight is 257 g/mol. The standard InChI is InChI=1S/C11H19N3O2S/c1-4-9-12-10-5-7-11(8-6-10)17(15,16)13-14(2)3/h5-8,12-13H,4,9H2,1-3H3. The third kappa shape index (κ3) is 4.33. The Labute approximate surface area is 103 Å². The minimum Gasteiger partial charge on any atom is -0.385 e. The van der Waals surface area contributed by atoms with E-state index in [1.54, 1.807) is 38.4 Å². The fourth-order valence-electron chi connectivity index (χ4n) is 1.31. The first kappa shape index (κ1) is 14.0. The molecule has 0 unspecified atom stereocenters. The SMILES string of the molecule is CCCNc1ccc(S(=O)(=O)NN(C)C)cc1. The first-order valence-electron chi connectivity index (χ1n) is 5.49. The molecule has 5 nitrogen and oxygen atoms in total. The maximum absolute atomic E-state index is 11.8. The summed E-state index contributed by atoms with van der Waals surface area (Å²) in [4.78, 5) is 2.64. The van der Waals surface area contributed by atoms with Crippen LogP contribution >= 0.6 is 0 Å². The fourth-order valence-corrected chi connectivity index (χ4v) is 2.39. The van der Waals surface area contributed by atoms with E-state index in [0.29, 0.717) is 0 Å². The van der Waals surface area contributed by atoms with Crippen LogP contribution < -0.4 is 10.1 Å². The third-order valence-electron chi connectivity index (χ3n) is 2.05. The molecule has 1 aromatic rings. The van der Waals surface area contributed by atoms with Gasteiger partial charge in [-0.25, -0.2) is 13.4 Å². The predicted octanol–water partition coefficient (Wildman–Crippen LogP) is 1.26. The van der Waals surface area contributed by atoms with Crippen molar-refractivity contribution in [1.82, 2.24) is 9.84 Å². The highest BCUT2D eigenvalue weighted by Gasteiger charge is 2.13. The van der Waals surface area contributed by atoms with Crippen molar-refractivity contribution in [3.8, 4) is 0 Å². The summed E-state index contributed by atoms with van der Waals surface area (Å²) >= 11 is 0. The van der Waals surface area contributed by atoms with Crippen LogP contribution in [0.3, 0.4) is 0 Å². The van der Waals surface area contributed by atoms with Crippen molar-refractivity contribution in [1.29, 1.82) is 0 Å². The summed E-state index contributed by atoms with van der Waals surface area (Å²) in [5.74, 6) is 0. The molecule has 0 aromatic heterocycles. The fraction of sp³-hybridized carbons (Fsp3) is 0.455. The second kappa shape index (κ2) is 6.00. The molecule has 0 bridgehead atoms. The number of benzene rings is 1. The van der Waals surface area contributed by atoms with Crippen LogP contribution in [0.2, 0.25) is 0 Å². The van der Waals surface area contributed by atoms with Crippen molar-refractivity contribution in [2.75, 3.05) is 26.0 Å². The largest absolute Gasteiger partial charge is 0.385 e. The molecule has 0 radical (unpaired) electrons. The molecule has 0 aliphatic heterocycles. The second-order valence-corrected chi connectivity index (χ2v) is 5.60. The Morgan fingerprint density at radius 3 is 2.24 bits per heavy atom. The Balaban J connectivity index is 2.80. The molecule has 0 saturated carbocycles. The average Bonchev–Trinajstić information content (AvgIpc) is 2.25. The lowest BCUT2D eigenvalue weighted by atomic mass is 10.3. The number of nitrogens with one attached hydrogen (secondary N) is 2. The molecule has 1 aromatic carbocycles. The van der Waals surface area contributed by atoms with Gasteiger partial charge in [0.25, 0.3) is 10.0 Å². The number of nitrogens with zero attached hydrogens (tertiary/aromatic N) is 1. The predicted molar refractivity (Wildman–Crippen MR) is 69.2 cm³/mol. The monoisotopic (exact) mass is 257 g/mol. The quantitative estimate of drug-likeness (QED) is 0.753. The van der Waals surface area contributed by atoms with Gasteiger partial charge in [0.05, 0.1) is 4.90 Å². The Bertz CT molecular complexity index is 440. The maximum Gasteiger partial charge on any atom is 0.253 e. The van der Waals surface area contributed by atoms with Crippen LogP contribution in [0.25, 0.3) is 0 Å². The van der Waals surface area contributed by atoms with E-state index in [4.69, 9.17) is 0 Å². The van der Waals surface area contributed by atoms with Gasteiger partial charge in [0.15, 0.2) is 0 Å². The molecule has 0 aliphatic rings. The van der Waals surface area contributed by atoms with Gasteiger partial charge in [0, 0.05) is 26.3 Å². The Morgan fingerprint density at radius 1 is 1.18 bits per heavy atom. The number of rotatable bonds is 6. The van der Waals surface area contributed by atoms with Gasteiger partial charge in [-0.05, 0) is 30.7 Å². The first-order valence-corrected chi connectivity index (χ1v) is 6.97.